The van der Waals surface area contributed by atoms with Crippen molar-refractivity contribution in [1.29, 1.82) is 0 Å². The highest BCUT2D eigenvalue weighted by molar-refractivity contribution is 6.00. The molecule has 0 aliphatic heterocycles. The summed E-state index contributed by atoms with van der Waals surface area (Å²) in [6, 6.07) is -4.60. The number of carbonyl (C=O) groups excluding carboxylic acids is 10. The van der Waals surface area contributed by atoms with E-state index in [1.54, 1.807) is 55.4 Å². The maximum Gasteiger partial charge on any atom is 0.326 e. The van der Waals surface area contributed by atoms with Gasteiger partial charge in [0.2, 0.25) is 59.1 Å². The third-order valence-electron chi connectivity index (χ3n) is 15.1. The lowest BCUT2D eigenvalue weighted by atomic mass is 9.95. The molecule has 0 aromatic heterocycles. The Bertz CT molecular complexity index is 2780. The van der Waals surface area contributed by atoms with Gasteiger partial charge in [-0.25, -0.2) is 4.79 Å². The molecule has 0 aliphatic carbocycles. The first-order valence-electron chi connectivity index (χ1n) is 29.6. The molecule has 2 aromatic rings. The zero-order valence-corrected chi connectivity index (χ0v) is 52.0. The lowest BCUT2D eigenvalue weighted by Crippen LogP contribution is -2.62. The Morgan fingerprint density at radius 3 is 1.12 bits per heavy atom. The highest BCUT2D eigenvalue weighted by Gasteiger charge is 2.39. The van der Waals surface area contributed by atoms with Crippen LogP contribution < -0.4 is 59.3 Å². The van der Waals surface area contributed by atoms with Gasteiger partial charge in [0, 0.05) is 19.3 Å². The van der Waals surface area contributed by atoms with E-state index in [2.05, 4.69) is 47.9 Å². The molecule has 29 heteroatoms. The van der Waals surface area contributed by atoms with Crippen LogP contribution in [0, 0.1) is 29.6 Å². The predicted octanol–water partition coefficient (Wildman–Crippen LogP) is -0.287. The van der Waals surface area contributed by atoms with E-state index in [4.69, 9.17) is 11.5 Å². The molecule has 2 rings (SSSR count). The van der Waals surface area contributed by atoms with Gasteiger partial charge in [-0.3, -0.25) is 57.5 Å². The largest absolute Gasteiger partial charge is 0.508 e. The maximum absolute atomic E-state index is 14.7. The van der Waals surface area contributed by atoms with Crippen molar-refractivity contribution in [2.24, 2.45) is 41.1 Å². The third-order valence-corrected chi connectivity index (χ3v) is 15.1. The van der Waals surface area contributed by atoms with Crippen LogP contribution in [-0.2, 0) is 75.2 Å². The molecule has 0 fully saturated rings. The topological polar surface area (TPSA) is 483 Å². The fourth-order valence-electron chi connectivity index (χ4n) is 8.98. The molecule has 0 unspecified atom stereocenters. The second-order valence-corrected chi connectivity index (χ2v) is 23.2. The zero-order valence-electron chi connectivity index (χ0n) is 52.0. The number of aliphatic carboxylic acids is 3. The van der Waals surface area contributed by atoms with Crippen molar-refractivity contribution in [1.82, 2.24) is 47.9 Å². The monoisotopic (exact) mass is 1250 g/mol. The molecule has 13 atom stereocenters. The first-order chi connectivity index (χ1) is 41.6. The minimum atomic E-state index is -2.04. The Morgan fingerprint density at radius 1 is 0.416 bits per heavy atom. The Kier molecular flexibility index (Phi) is 31.7. The quantitative estimate of drug-likeness (QED) is 0.0409. The smallest absolute Gasteiger partial charge is 0.326 e. The third kappa shape index (κ3) is 26.2. The van der Waals surface area contributed by atoms with Crippen molar-refractivity contribution < 1.29 is 87.9 Å². The van der Waals surface area contributed by atoms with Crippen LogP contribution >= 0.6 is 0 Å². The molecule has 0 aliphatic rings. The summed E-state index contributed by atoms with van der Waals surface area (Å²) in [5.41, 5.74) is 12.4. The maximum atomic E-state index is 14.7. The molecule has 18 N–H and O–H groups in total. The van der Waals surface area contributed by atoms with E-state index in [-0.39, 0.29) is 49.0 Å². The number of primary amides is 1. The van der Waals surface area contributed by atoms with Gasteiger partial charge in [-0.05, 0) is 77.8 Å². The van der Waals surface area contributed by atoms with Gasteiger partial charge in [-0.15, -0.1) is 0 Å². The molecule has 494 valence electrons. The van der Waals surface area contributed by atoms with E-state index in [0.717, 1.165) is 0 Å². The number of amides is 10. The Hall–Kier alpha value is -8.89. The van der Waals surface area contributed by atoms with E-state index in [0.29, 0.717) is 24.0 Å². The van der Waals surface area contributed by atoms with Crippen molar-refractivity contribution in [3.05, 3.63) is 59.7 Å². The van der Waals surface area contributed by atoms with E-state index in [1.807, 2.05) is 6.92 Å². The minimum absolute atomic E-state index is 0.0874. The summed E-state index contributed by atoms with van der Waals surface area (Å²) < 4.78 is 0. The number of benzene rings is 2. The summed E-state index contributed by atoms with van der Waals surface area (Å²) in [4.78, 5) is 175. The zero-order chi connectivity index (χ0) is 67.6. The number of nitrogens with one attached hydrogen (secondary N) is 9. The molecule has 0 heterocycles. The van der Waals surface area contributed by atoms with Gasteiger partial charge in [-0.1, -0.05) is 113 Å². The van der Waals surface area contributed by atoms with Crippen molar-refractivity contribution >= 4 is 77.0 Å². The second kappa shape index (κ2) is 37.1. The average Bonchev–Trinajstić information content (AvgIpc) is 3.61. The summed E-state index contributed by atoms with van der Waals surface area (Å²) in [6.45, 7) is 16.9. The van der Waals surface area contributed by atoms with Crippen LogP contribution in [0.4, 0.5) is 0 Å². The minimum Gasteiger partial charge on any atom is -0.508 e. The SMILES string of the molecule is CC[C@H](C)[C@H](N)C(=O)N[C@H](C(=O)N[C@H](C(=O)N[C@@H](Cc1ccc(O)cc1)C(=O)N[C@@H](CCC(N)=O)C(=O)N[C@@H](Cc1ccc(O)cc1)C(=O)N[C@H](C(=O)N[C@@H](CC(=O)O)C(=O)N[C@@H](CC(=O)O)C(=O)N[C@@H](CC(C)C)C(=O)O)[C@@H](C)CC)[C@@H](C)CC)C(C)C. The van der Waals surface area contributed by atoms with Gasteiger partial charge in [-0.2, -0.15) is 0 Å². The first kappa shape index (κ1) is 76.2. The van der Waals surface area contributed by atoms with Gasteiger partial charge in [0.15, 0.2) is 0 Å². The molecule has 10 amide bonds. The number of carboxylic acids is 3. The Labute approximate surface area is 517 Å². The van der Waals surface area contributed by atoms with Crippen molar-refractivity contribution in [3.63, 3.8) is 0 Å². The summed E-state index contributed by atoms with van der Waals surface area (Å²) in [5.74, 6) is -17.5. The molecular weight excluding hydrogens is 1160 g/mol. The van der Waals surface area contributed by atoms with Crippen LogP contribution in [0.15, 0.2) is 48.5 Å². The average molecular weight is 1250 g/mol. The molecular formula is C60H91N11O18. The van der Waals surface area contributed by atoms with Crippen molar-refractivity contribution in [3.8, 4) is 11.5 Å². The number of aromatic hydroxyl groups is 2. The van der Waals surface area contributed by atoms with Crippen LogP contribution in [0.2, 0.25) is 0 Å². The van der Waals surface area contributed by atoms with Crippen LogP contribution in [0.25, 0.3) is 0 Å². The highest BCUT2D eigenvalue weighted by atomic mass is 16.4. The van der Waals surface area contributed by atoms with Gasteiger partial charge >= 0.3 is 17.9 Å². The molecule has 0 bridgehead atoms. The first-order valence-corrected chi connectivity index (χ1v) is 29.6. The van der Waals surface area contributed by atoms with Crippen LogP contribution in [0.1, 0.15) is 132 Å². The fraction of sp³-hybridized carbons (Fsp3) is 0.583. The van der Waals surface area contributed by atoms with E-state index in [1.165, 1.54) is 55.5 Å². The molecule has 0 spiro atoms. The van der Waals surface area contributed by atoms with Gasteiger partial charge < -0.3 is 84.9 Å². The lowest BCUT2D eigenvalue weighted by molar-refractivity contribution is -0.145. The van der Waals surface area contributed by atoms with Gasteiger partial charge in [0.05, 0.1) is 18.9 Å². The van der Waals surface area contributed by atoms with Gasteiger partial charge in [0.1, 0.15) is 65.9 Å². The predicted molar refractivity (Wildman–Crippen MR) is 322 cm³/mol. The molecule has 0 saturated heterocycles. The highest BCUT2D eigenvalue weighted by Crippen LogP contribution is 2.18. The number of hydrogen-bond donors (Lipinski definition) is 16. The number of rotatable bonds is 39. The lowest BCUT2D eigenvalue weighted by Gasteiger charge is -2.31. The number of carbonyl (C=O) groups is 13. The van der Waals surface area contributed by atoms with E-state index in [9.17, 15) is 87.9 Å². The van der Waals surface area contributed by atoms with Crippen LogP contribution in [0.5, 0.6) is 11.5 Å². The summed E-state index contributed by atoms with van der Waals surface area (Å²) >= 11 is 0. The van der Waals surface area contributed by atoms with Crippen molar-refractivity contribution in [2.45, 2.75) is 194 Å². The van der Waals surface area contributed by atoms with Gasteiger partial charge in [0.25, 0.3) is 0 Å². The van der Waals surface area contributed by atoms with Crippen LogP contribution in [-0.4, -0.2) is 163 Å². The molecule has 0 radical (unpaired) electrons. The summed E-state index contributed by atoms with van der Waals surface area (Å²) in [7, 11) is 0. The van der Waals surface area contributed by atoms with E-state index >= 15 is 0 Å². The molecule has 2 aromatic carbocycles. The Morgan fingerprint density at radius 2 is 0.742 bits per heavy atom. The number of nitrogens with two attached hydrogens (primary N) is 2. The number of hydrogen-bond acceptors (Lipinski definition) is 16. The fourth-order valence-corrected chi connectivity index (χ4v) is 8.98. The summed E-state index contributed by atoms with van der Waals surface area (Å²) in [6.07, 6.45) is -2.96. The number of phenolic OH excluding ortho intramolecular Hbond substituents is 2. The second-order valence-electron chi connectivity index (χ2n) is 23.2. The molecule has 89 heavy (non-hydrogen) atoms. The number of carboxylic acid groups (broad SMARTS) is 3. The van der Waals surface area contributed by atoms with E-state index < -0.39 is 181 Å². The summed E-state index contributed by atoms with van der Waals surface area (Å²) in [5, 5.41) is 71.5. The molecule has 29 nitrogen and oxygen atoms in total. The Balaban J connectivity index is 2.65. The van der Waals surface area contributed by atoms with Crippen molar-refractivity contribution in [2.75, 3.05) is 0 Å². The van der Waals surface area contributed by atoms with Crippen LogP contribution in [0.3, 0.4) is 0 Å². The molecule has 0 saturated carbocycles. The number of phenols is 2. The standard InChI is InChI=1S/C60H91N11O18/c1-11-31(8)47(62)56(84)69-48(30(6)7)57(85)71-50(33(10)13-3)59(87)66-39(25-34-14-18-36(72)19-15-34)52(80)63-38(22-23-44(61)74)51(79)64-40(26-35-16-20-37(73)21-17-35)55(83)70-49(32(9)12-2)58(86)67-42(28-46(77)78)53(81)65-41(27-45(75)76)54(82)68-43(60(88)89)24-29(4)5/h14-21,29-33,38-43,47-50,72-73H,11-13,22-28,62H2,1-10H3,(H2,61,74)(H,63,80)(H,64,79)(H,65,81)(H,66,87)(H,67,86)(H,68,82)(H,69,84)(H,70,83)(H,71,85)(H,75,76)(H,77,78)(H,88,89)/t31-,32-,33-,38-,39-,40-,41-,42-,43-,47-,48-,49-,50-/m0/s1. The normalized spacial score (nSPS) is 15.6.